The number of rotatable bonds is 5. The van der Waals surface area contributed by atoms with E-state index in [0.29, 0.717) is 25.1 Å². The summed E-state index contributed by atoms with van der Waals surface area (Å²) >= 11 is 0. The normalized spacial score (nSPS) is 19.9. The van der Waals surface area contributed by atoms with Gasteiger partial charge in [-0.15, -0.1) is 0 Å². The predicted octanol–water partition coefficient (Wildman–Crippen LogP) is 1.33. The fraction of sp³-hybridized carbons (Fsp3) is 0.375. The van der Waals surface area contributed by atoms with Crippen LogP contribution >= 0.6 is 0 Å². The fourth-order valence-electron chi connectivity index (χ4n) is 3.09. The smallest absolute Gasteiger partial charge is 0.307 e. The minimum Gasteiger partial charge on any atom is -0.350 e. The van der Waals surface area contributed by atoms with Crippen molar-refractivity contribution in [3.63, 3.8) is 0 Å². The summed E-state index contributed by atoms with van der Waals surface area (Å²) < 4.78 is 27.9. The first-order valence-electron chi connectivity index (χ1n) is 8.06. The SMILES string of the molecule is O=C(Cn1cc([N+](=O)[O-])cn1)NC1CNCCC1c1ccc(F)c(F)c1. The number of hydrogen-bond acceptors (Lipinski definition) is 5. The topological polar surface area (TPSA) is 102 Å². The van der Waals surface area contributed by atoms with Gasteiger partial charge < -0.3 is 10.6 Å². The molecular weight excluding hydrogens is 348 g/mol. The van der Waals surface area contributed by atoms with Crippen LogP contribution in [-0.4, -0.2) is 39.7 Å². The van der Waals surface area contributed by atoms with Crippen LogP contribution in [0.3, 0.4) is 0 Å². The Bertz CT molecular complexity index is 826. The molecule has 0 aliphatic carbocycles. The summed E-state index contributed by atoms with van der Waals surface area (Å²) in [4.78, 5) is 22.3. The Labute approximate surface area is 147 Å². The predicted molar refractivity (Wildman–Crippen MR) is 87.4 cm³/mol. The van der Waals surface area contributed by atoms with Gasteiger partial charge in [0.15, 0.2) is 11.6 Å². The molecule has 8 nitrogen and oxygen atoms in total. The molecular formula is C16H17F2N5O3. The third-order valence-corrected chi connectivity index (χ3v) is 4.34. The summed E-state index contributed by atoms with van der Waals surface area (Å²) in [6.07, 6.45) is 2.90. The number of nitrogens with one attached hydrogen (secondary N) is 2. The van der Waals surface area contributed by atoms with Gasteiger partial charge in [0.2, 0.25) is 5.91 Å². The van der Waals surface area contributed by atoms with Crippen LogP contribution in [0.15, 0.2) is 30.6 Å². The average molecular weight is 365 g/mol. The summed E-state index contributed by atoms with van der Waals surface area (Å²) in [6, 6.07) is 3.44. The molecule has 2 N–H and O–H groups in total. The van der Waals surface area contributed by atoms with Crippen molar-refractivity contribution in [2.24, 2.45) is 0 Å². The molecule has 1 aromatic heterocycles. The van der Waals surface area contributed by atoms with E-state index < -0.39 is 16.6 Å². The number of piperidine rings is 1. The van der Waals surface area contributed by atoms with Crippen molar-refractivity contribution >= 4 is 11.6 Å². The van der Waals surface area contributed by atoms with Gasteiger partial charge in [-0.3, -0.25) is 19.6 Å². The molecule has 2 heterocycles. The molecule has 0 bridgehead atoms. The van der Waals surface area contributed by atoms with E-state index in [1.807, 2.05) is 0 Å². The minimum absolute atomic E-state index is 0.165. The zero-order valence-corrected chi connectivity index (χ0v) is 13.7. The van der Waals surface area contributed by atoms with E-state index in [-0.39, 0.29) is 30.1 Å². The summed E-state index contributed by atoms with van der Waals surface area (Å²) in [7, 11) is 0. The second-order valence-corrected chi connectivity index (χ2v) is 6.10. The lowest BCUT2D eigenvalue weighted by molar-refractivity contribution is -0.385. The maximum Gasteiger partial charge on any atom is 0.307 e. The van der Waals surface area contributed by atoms with E-state index in [0.717, 1.165) is 18.3 Å². The maximum atomic E-state index is 13.5. The van der Waals surface area contributed by atoms with Gasteiger partial charge in [0, 0.05) is 18.5 Å². The molecule has 1 aliphatic rings. The largest absolute Gasteiger partial charge is 0.350 e. The highest BCUT2D eigenvalue weighted by atomic mass is 19.2. The van der Waals surface area contributed by atoms with Crippen LogP contribution in [0.25, 0.3) is 0 Å². The summed E-state index contributed by atoms with van der Waals surface area (Å²) in [5.41, 5.74) is 0.419. The molecule has 2 atom stereocenters. The number of benzene rings is 1. The molecule has 1 fully saturated rings. The van der Waals surface area contributed by atoms with Crippen LogP contribution in [0.1, 0.15) is 17.9 Å². The molecule has 1 aromatic carbocycles. The van der Waals surface area contributed by atoms with Crippen molar-refractivity contribution in [3.8, 4) is 0 Å². The highest BCUT2D eigenvalue weighted by Gasteiger charge is 2.28. The minimum atomic E-state index is -0.921. The Morgan fingerprint density at radius 2 is 2.23 bits per heavy atom. The average Bonchev–Trinajstić information content (AvgIpc) is 3.06. The first-order chi connectivity index (χ1) is 12.4. The Balaban J connectivity index is 1.68. The lowest BCUT2D eigenvalue weighted by Crippen LogP contribution is -2.50. The van der Waals surface area contributed by atoms with Gasteiger partial charge in [-0.1, -0.05) is 6.07 Å². The fourth-order valence-corrected chi connectivity index (χ4v) is 3.09. The molecule has 10 heteroatoms. The molecule has 1 aliphatic heterocycles. The molecule has 2 aromatic rings. The number of carbonyl (C=O) groups excluding carboxylic acids is 1. The highest BCUT2D eigenvalue weighted by Crippen LogP contribution is 2.27. The highest BCUT2D eigenvalue weighted by molar-refractivity contribution is 5.76. The van der Waals surface area contributed by atoms with Crippen molar-refractivity contribution in [3.05, 3.63) is 57.9 Å². The zero-order chi connectivity index (χ0) is 18.7. The molecule has 2 unspecified atom stereocenters. The van der Waals surface area contributed by atoms with Crippen LogP contribution in [0.2, 0.25) is 0 Å². The Kier molecular flexibility index (Phi) is 5.21. The van der Waals surface area contributed by atoms with E-state index >= 15 is 0 Å². The zero-order valence-electron chi connectivity index (χ0n) is 13.7. The second kappa shape index (κ2) is 7.56. The van der Waals surface area contributed by atoms with E-state index in [4.69, 9.17) is 0 Å². The van der Waals surface area contributed by atoms with Gasteiger partial charge in [-0.2, -0.15) is 5.10 Å². The van der Waals surface area contributed by atoms with Crippen molar-refractivity contribution in [1.29, 1.82) is 0 Å². The molecule has 3 rings (SSSR count). The first-order valence-corrected chi connectivity index (χ1v) is 8.06. The van der Waals surface area contributed by atoms with Gasteiger partial charge >= 0.3 is 5.69 Å². The number of halogens is 2. The van der Waals surface area contributed by atoms with Crippen molar-refractivity contribution in [2.75, 3.05) is 13.1 Å². The van der Waals surface area contributed by atoms with Gasteiger partial charge in [0.1, 0.15) is 18.9 Å². The van der Waals surface area contributed by atoms with E-state index in [1.54, 1.807) is 0 Å². The third-order valence-electron chi connectivity index (χ3n) is 4.34. The lowest BCUT2D eigenvalue weighted by Gasteiger charge is -2.33. The van der Waals surface area contributed by atoms with Crippen molar-refractivity contribution < 1.29 is 18.5 Å². The van der Waals surface area contributed by atoms with Gasteiger partial charge in [0.05, 0.1) is 4.92 Å². The van der Waals surface area contributed by atoms with E-state index in [1.165, 1.54) is 16.9 Å². The van der Waals surface area contributed by atoms with Gasteiger partial charge in [-0.05, 0) is 30.7 Å². The Morgan fingerprint density at radius 3 is 2.92 bits per heavy atom. The molecule has 0 radical (unpaired) electrons. The van der Waals surface area contributed by atoms with E-state index in [2.05, 4.69) is 15.7 Å². The van der Waals surface area contributed by atoms with E-state index in [9.17, 15) is 23.7 Å². The summed E-state index contributed by atoms with van der Waals surface area (Å²) in [5.74, 6) is -2.37. The monoisotopic (exact) mass is 365 g/mol. The standard InChI is InChI=1S/C16H17F2N5O3/c17-13-2-1-10(5-14(13)18)12-3-4-19-7-15(12)21-16(24)9-22-8-11(6-20-22)23(25)26/h1-2,5-6,8,12,15,19H,3-4,7,9H2,(H,21,24). The first kappa shape index (κ1) is 17.9. The van der Waals surface area contributed by atoms with Gasteiger partial charge in [-0.25, -0.2) is 8.78 Å². The van der Waals surface area contributed by atoms with Crippen molar-refractivity contribution in [1.82, 2.24) is 20.4 Å². The van der Waals surface area contributed by atoms with Gasteiger partial charge in [0.25, 0.3) is 0 Å². The van der Waals surface area contributed by atoms with Crippen LogP contribution in [-0.2, 0) is 11.3 Å². The number of aromatic nitrogens is 2. The molecule has 26 heavy (non-hydrogen) atoms. The maximum absolute atomic E-state index is 13.5. The number of carbonyl (C=O) groups is 1. The second-order valence-electron chi connectivity index (χ2n) is 6.10. The summed E-state index contributed by atoms with van der Waals surface area (Å²) in [5, 5.41) is 20.4. The quantitative estimate of drug-likeness (QED) is 0.615. The third kappa shape index (κ3) is 4.02. The number of amides is 1. The van der Waals surface area contributed by atoms with Crippen molar-refractivity contribution in [2.45, 2.75) is 24.9 Å². The summed E-state index contributed by atoms with van der Waals surface area (Å²) in [6.45, 7) is 1.00. The van der Waals surface area contributed by atoms with Crippen LogP contribution in [0.4, 0.5) is 14.5 Å². The van der Waals surface area contributed by atoms with Crippen LogP contribution in [0, 0.1) is 21.7 Å². The van der Waals surface area contributed by atoms with Crippen LogP contribution < -0.4 is 10.6 Å². The molecule has 0 saturated carbocycles. The lowest BCUT2D eigenvalue weighted by atomic mass is 9.86. The molecule has 1 saturated heterocycles. The number of nitrogens with zero attached hydrogens (tertiary/aromatic N) is 3. The number of hydrogen-bond donors (Lipinski definition) is 2. The molecule has 1 amide bonds. The Hall–Kier alpha value is -2.88. The molecule has 0 spiro atoms. The van der Waals surface area contributed by atoms with Crippen LogP contribution in [0.5, 0.6) is 0 Å². The Morgan fingerprint density at radius 1 is 1.42 bits per heavy atom. The number of nitro groups is 1. The molecule has 138 valence electrons.